The molecule has 0 N–H and O–H groups in total. The number of carbonyl (C=O) groups excluding carboxylic acids is 2. The molecule has 1 fully saturated rings. The van der Waals surface area contributed by atoms with Gasteiger partial charge < -0.3 is 14.4 Å². The van der Waals surface area contributed by atoms with Gasteiger partial charge in [-0.05, 0) is 54.7 Å². The molecule has 2 amide bonds. The van der Waals surface area contributed by atoms with Crippen LogP contribution in [0.5, 0.6) is 0 Å². The molecule has 0 bridgehead atoms. The summed E-state index contributed by atoms with van der Waals surface area (Å²) >= 11 is 0. The van der Waals surface area contributed by atoms with Gasteiger partial charge >= 0.3 is 6.03 Å². The number of Topliss-reactive ketones (excluding diaryl/α,β-unsaturated/α-hetero) is 1. The quantitative estimate of drug-likeness (QED) is 0.328. The third-order valence-corrected chi connectivity index (χ3v) is 8.51. The third kappa shape index (κ3) is 4.27. The van der Waals surface area contributed by atoms with E-state index in [2.05, 4.69) is 11.1 Å². The number of imidazole rings is 1. The van der Waals surface area contributed by atoms with Gasteiger partial charge in [0.25, 0.3) is 5.92 Å². The molecule has 1 saturated heterocycles. The van der Waals surface area contributed by atoms with E-state index < -0.39 is 18.5 Å². The smallest absolute Gasteiger partial charge is 0.320 e. The van der Waals surface area contributed by atoms with E-state index in [1.54, 1.807) is 17.2 Å². The fourth-order valence-electron chi connectivity index (χ4n) is 6.63. The van der Waals surface area contributed by atoms with Gasteiger partial charge in [-0.2, -0.15) is 5.26 Å². The molecule has 41 heavy (non-hydrogen) atoms. The number of carbonyl (C=O) groups is 2. The first-order chi connectivity index (χ1) is 19.8. The normalized spacial score (nSPS) is 19.1. The minimum absolute atomic E-state index is 0.0461. The first kappa shape index (κ1) is 25.4. The first-order valence-corrected chi connectivity index (χ1v) is 14.0. The standard InChI is InChI=1S/C31H28F2N6O2/c32-31(33)8-2-4-9-38(19-31)30(41)37-12-11-36-18-24(23-14-20(15-34)13-21(17-37)29(23)36)28-22(6-7-26(28)40)25-16-35-27-5-1-3-10-39(25)27/h1,3,5,10,13-14,16,18H,2,4,6-9,11-12,17,19H2. The van der Waals surface area contributed by atoms with Crippen LogP contribution in [0.3, 0.4) is 0 Å². The SMILES string of the molecule is N#Cc1cc2c3c(c1)c(C1=C(c4cnc5ccccn45)CCC1=O)cn3CCN(C(=O)N1CCCCC(F)(F)C1)C2. The van der Waals surface area contributed by atoms with Gasteiger partial charge in [0.05, 0.1) is 35.6 Å². The summed E-state index contributed by atoms with van der Waals surface area (Å²) in [7, 11) is 0. The molecular weight excluding hydrogens is 526 g/mol. The van der Waals surface area contributed by atoms with Crippen LogP contribution >= 0.6 is 0 Å². The minimum Gasteiger partial charge on any atom is -0.345 e. The number of aromatic nitrogens is 3. The molecule has 1 aromatic carbocycles. The maximum Gasteiger partial charge on any atom is 0.320 e. The molecule has 0 saturated carbocycles. The lowest BCUT2D eigenvalue weighted by Gasteiger charge is -2.30. The van der Waals surface area contributed by atoms with Gasteiger partial charge in [0, 0.05) is 67.9 Å². The van der Waals surface area contributed by atoms with Gasteiger partial charge in [-0.3, -0.25) is 9.20 Å². The Morgan fingerprint density at radius 2 is 1.95 bits per heavy atom. The molecule has 1 aliphatic carbocycles. The second kappa shape index (κ2) is 9.54. The van der Waals surface area contributed by atoms with E-state index >= 15 is 0 Å². The number of nitrogens with zero attached hydrogens (tertiary/aromatic N) is 6. The first-order valence-electron chi connectivity index (χ1n) is 14.0. The van der Waals surface area contributed by atoms with Gasteiger partial charge in [0.2, 0.25) is 0 Å². The monoisotopic (exact) mass is 554 g/mol. The molecule has 0 unspecified atom stereocenters. The van der Waals surface area contributed by atoms with Gasteiger partial charge in [0.15, 0.2) is 5.78 Å². The number of fused-ring (bicyclic) bond motifs is 1. The van der Waals surface area contributed by atoms with Crippen LogP contribution in [0.4, 0.5) is 13.6 Å². The van der Waals surface area contributed by atoms with Gasteiger partial charge in [0.1, 0.15) is 5.65 Å². The maximum atomic E-state index is 14.3. The summed E-state index contributed by atoms with van der Waals surface area (Å²) in [5, 5.41) is 10.7. The van der Waals surface area contributed by atoms with Crippen molar-refractivity contribution in [2.24, 2.45) is 0 Å². The summed E-state index contributed by atoms with van der Waals surface area (Å²) in [6.45, 7) is 0.696. The van der Waals surface area contributed by atoms with Crippen LogP contribution in [0.1, 0.15) is 54.5 Å². The predicted octanol–water partition coefficient (Wildman–Crippen LogP) is 5.49. The zero-order valence-electron chi connectivity index (χ0n) is 22.4. The molecule has 7 rings (SSSR count). The van der Waals surface area contributed by atoms with Gasteiger partial charge in [-0.1, -0.05) is 6.07 Å². The number of urea groups is 1. The van der Waals surface area contributed by atoms with Crippen molar-refractivity contribution in [1.82, 2.24) is 23.8 Å². The number of hydrogen-bond donors (Lipinski definition) is 0. The van der Waals surface area contributed by atoms with Crippen molar-refractivity contribution in [2.45, 2.75) is 51.1 Å². The highest BCUT2D eigenvalue weighted by molar-refractivity contribution is 6.33. The Labute approximate surface area is 235 Å². The van der Waals surface area contributed by atoms with E-state index in [4.69, 9.17) is 0 Å². The number of ketones is 1. The molecule has 3 aliphatic rings. The summed E-state index contributed by atoms with van der Waals surface area (Å²) in [6, 6.07) is 11.2. The van der Waals surface area contributed by atoms with E-state index in [1.807, 2.05) is 45.6 Å². The Bertz CT molecular complexity index is 1810. The number of hydrogen-bond acceptors (Lipinski definition) is 4. The molecule has 8 nitrogen and oxygen atoms in total. The van der Waals surface area contributed by atoms with Crippen LogP contribution in [-0.4, -0.2) is 61.1 Å². The molecule has 208 valence electrons. The lowest BCUT2D eigenvalue weighted by Crippen LogP contribution is -2.47. The Hall–Kier alpha value is -4.52. The summed E-state index contributed by atoms with van der Waals surface area (Å²) in [6.07, 6.45) is 7.40. The van der Waals surface area contributed by atoms with Crippen molar-refractivity contribution in [1.29, 1.82) is 5.26 Å². The average Bonchev–Trinajstić information content (AvgIpc) is 3.58. The van der Waals surface area contributed by atoms with Crippen molar-refractivity contribution < 1.29 is 18.4 Å². The topological polar surface area (TPSA) is 86.6 Å². The van der Waals surface area contributed by atoms with Crippen LogP contribution in [0.25, 0.3) is 27.7 Å². The van der Waals surface area contributed by atoms with Crippen molar-refractivity contribution in [2.75, 3.05) is 19.6 Å². The molecule has 5 heterocycles. The number of amides is 2. The fourth-order valence-corrected chi connectivity index (χ4v) is 6.63. The highest BCUT2D eigenvalue weighted by Crippen LogP contribution is 2.42. The van der Waals surface area contributed by atoms with Crippen LogP contribution in [0, 0.1) is 11.3 Å². The Morgan fingerprint density at radius 1 is 1.07 bits per heavy atom. The zero-order valence-corrected chi connectivity index (χ0v) is 22.4. The van der Waals surface area contributed by atoms with E-state index in [9.17, 15) is 23.6 Å². The van der Waals surface area contributed by atoms with Gasteiger partial charge in [-0.25, -0.2) is 18.6 Å². The summed E-state index contributed by atoms with van der Waals surface area (Å²) in [5.74, 6) is -2.85. The minimum atomic E-state index is -2.90. The van der Waals surface area contributed by atoms with E-state index in [0.29, 0.717) is 56.5 Å². The number of rotatable bonds is 2. The van der Waals surface area contributed by atoms with E-state index in [-0.39, 0.29) is 18.7 Å². The number of allylic oxidation sites excluding steroid dienone is 2. The lowest BCUT2D eigenvalue weighted by molar-refractivity contribution is -0.113. The van der Waals surface area contributed by atoms with Crippen molar-refractivity contribution in [3.63, 3.8) is 0 Å². The Balaban J connectivity index is 1.32. The summed E-state index contributed by atoms with van der Waals surface area (Å²) < 4.78 is 32.7. The van der Waals surface area contributed by atoms with Crippen LogP contribution < -0.4 is 0 Å². The number of halogens is 2. The zero-order chi connectivity index (χ0) is 28.3. The van der Waals surface area contributed by atoms with Crippen LogP contribution in [-0.2, 0) is 17.9 Å². The molecule has 0 spiro atoms. The van der Waals surface area contributed by atoms with Crippen LogP contribution in [0.2, 0.25) is 0 Å². The van der Waals surface area contributed by atoms with E-state index in [1.165, 1.54) is 4.90 Å². The van der Waals surface area contributed by atoms with E-state index in [0.717, 1.165) is 38.9 Å². The van der Waals surface area contributed by atoms with Crippen molar-refractivity contribution >= 4 is 39.5 Å². The Morgan fingerprint density at radius 3 is 2.80 bits per heavy atom. The summed E-state index contributed by atoms with van der Waals surface area (Å²) in [5.41, 5.74) is 6.05. The molecule has 0 radical (unpaired) electrons. The van der Waals surface area contributed by atoms with Crippen LogP contribution in [0.15, 0.2) is 48.9 Å². The highest BCUT2D eigenvalue weighted by atomic mass is 19.3. The molecule has 0 atom stereocenters. The second-order valence-corrected chi connectivity index (χ2v) is 11.2. The maximum absolute atomic E-state index is 14.3. The largest absolute Gasteiger partial charge is 0.345 e. The number of nitriles is 1. The molecule has 4 aromatic rings. The second-order valence-electron chi connectivity index (χ2n) is 11.2. The lowest BCUT2D eigenvalue weighted by atomic mass is 9.97. The Kier molecular flexibility index (Phi) is 5.92. The average molecular weight is 555 g/mol. The highest BCUT2D eigenvalue weighted by Gasteiger charge is 2.37. The fraction of sp³-hybridized carbons (Fsp3) is 0.355. The summed E-state index contributed by atoms with van der Waals surface area (Å²) in [4.78, 5) is 34.3. The van der Waals surface area contributed by atoms with Crippen molar-refractivity contribution in [3.05, 3.63) is 71.3 Å². The number of likely N-dealkylation sites (tertiary alicyclic amines) is 1. The number of benzene rings is 1. The van der Waals surface area contributed by atoms with Crippen molar-refractivity contribution in [3.8, 4) is 6.07 Å². The molecular formula is C31H28F2N6O2. The van der Waals surface area contributed by atoms with Gasteiger partial charge in [-0.15, -0.1) is 0 Å². The predicted molar refractivity (Wildman–Crippen MR) is 149 cm³/mol. The number of pyridine rings is 1. The number of alkyl halides is 2. The molecule has 3 aromatic heterocycles. The molecule has 2 aliphatic heterocycles. The third-order valence-electron chi connectivity index (χ3n) is 8.51. The molecule has 10 heteroatoms.